The molecule has 3 rings (SSSR count). The van der Waals surface area contributed by atoms with Crippen LogP contribution in [-0.2, 0) is 12.7 Å². The molecular weight excluding hydrogens is 389 g/mol. The fourth-order valence-electron chi connectivity index (χ4n) is 2.27. The van der Waals surface area contributed by atoms with Gasteiger partial charge in [-0.2, -0.15) is 34.3 Å². The topological polar surface area (TPSA) is 51.0 Å². The third kappa shape index (κ3) is 3.73. The van der Waals surface area contributed by atoms with E-state index in [1.165, 1.54) is 6.20 Å². The largest absolute Gasteiger partial charge is 0.417 e. The van der Waals surface area contributed by atoms with Crippen LogP contribution in [0.15, 0.2) is 46.1 Å². The van der Waals surface area contributed by atoms with Gasteiger partial charge >= 0.3 is 6.18 Å². The summed E-state index contributed by atoms with van der Waals surface area (Å²) in [4.78, 5) is 17.9. The molecular formula is C16H12ClF3N4OS. The van der Waals surface area contributed by atoms with Crippen LogP contribution in [0.5, 0.6) is 0 Å². The number of hydrogen-bond donors (Lipinski definition) is 0. The molecule has 0 amide bonds. The lowest BCUT2D eigenvalue weighted by Crippen LogP contribution is -2.26. The van der Waals surface area contributed by atoms with E-state index >= 15 is 0 Å². The standard InChI is InChI=1S/C16H12ClF3N4OS/c1-23(8-10-4-5-26-9-10)12-7-22-24(15(25)14(12)17)13-3-2-11(6-21-13)16(18,19)20/h2-7,9H,8H2,1H3. The molecule has 0 N–H and O–H groups in total. The molecule has 5 nitrogen and oxygen atoms in total. The lowest BCUT2D eigenvalue weighted by Gasteiger charge is -2.19. The van der Waals surface area contributed by atoms with Crippen molar-refractivity contribution >= 4 is 28.6 Å². The summed E-state index contributed by atoms with van der Waals surface area (Å²) in [6, 6.07) is 3.86. The predicted molar refractivity (Wildman–Crippen MR) is 94.1 cm³/mol. The Morgan fingerprint density at radius 2 is 2.04 bits per heavy atom. The van der Waals surface area contributed by atoms with Gasteiger partial charge in [0, 0.05) is 19.8 Å². The Kier molecular flexibility index (Phi) is 5.01. The zero-order valence-corrected chi connectivity index (χ0v) is 14.9. The second kappa shape index (κ2) is 7.08. The van der Waals surface area contributed by atoms with E-state index in [2.05, 4.69) is 10.1 Å². The number of anilines is 1. The van der Waals surface area contributed by atoms with E-state index in [0.29, 0.717) is 18.4 Å². The zero-order valence-electron chi connectivity index (χ0n) is 13.4. The van der Waals surface area contributed by atoms with Crippen molar-refractivity contribution in [3.05, 3.63) is 67.9 Å². The summed E-state index contributed by atoms with van der Waals surface area (Å²) >= 11 is 7.72. The molecule has 0 aliphatic rings. The normalized spacial score (nSPS) is 11.6. The smallest absolute Gasteiger partial charge is 0.368 e. The van der Waals surface area contributed by atoms with E-state index in [-0.39, 0.29) is 10.8 Å². The van der Waals surface area contributed by atoms with Gasteiger partial charge in [-0.05, 0) is 34.5 Å². The second-order valence-corrected chi connectivity index (χ2v) is 6.61. The second-order valence-electron chi connectivity index (χ2n) is 5.45. The molecule has 3 aromatic rings. The Hall–Kier alpha value is -2.39. The van der Waals surface area contributed by atoms with Crippen LogP contribution in [0.2, 0.25) is 5.02 Å². The number of pyridine rings is 1. The van der Waals surface area contributed by atoms with Crippen molar-refractivity contribution in [2.24, 2.45) is 0 Å². The van der Waals surface area contributed by atoms with Crippen LogP contribution in [-0.4, -0.2) is 21.8 Å². The van der Waals surface area contributed by atoms with E-state index in [1.54, 1.807) is 23.3 Å². The predicted octanol–water partition coefficient (Wildman–Crippen LogP) is 4.00. The van der Waals surface area contributed by atoms with Gasteiger partial charge in [0.05, 0.1) is 17.4 Å². The third-order valence-electron chi connectivity index (χ3n) is 3.60. The van der Waals surface area contributed by atoms with E-state index in [4.69, 9.17) is 11.6 Å². The molecule has 0 atom stereocenters. The number of thiophene rings is 1. The summed E-state index contributed by atoms with van der Waals surface area (Å²) in [6.45, 7) is 0.535. The van der Waals surface area contributed by atoms with Gasteiger partial charge in [0.1, 0.15) is 5.02 Å². The average molecular weight is 401 g/mol. The minimum absolute atomic E-state index is 0.0445. The number of aromatic nitrogens is 3. The van der Waals surface area contributed by atoms with Crippen LogP contribution in [0, 0.1) is 0 Å². The van der Waals surface area contributed by atoms with Gasteiger partial charge in [-0.25, -0.2) is 4.98 Å². The van der Waals surface area contributed by atoms with Gasteiger partial charge in [0.25, 0.3) is 5.56 Å². The maximum absolute atomic E-state index is 12.6. The number of rotatable bonds is 4. The van der Waals surface area contributed by atoms with Crippen LogP contribution in [0.25, 0.3) is 5.82 Å². The summed E-state index contributed by atoms with van der Waals surface area (Å²) in [6.07, 6.45) is -2.47. The highest BCUT2D eigenvalue weighted by Crippen LogP contribution is 2.28. The van der Waals surface area contributed by atoms with Crippen molar-refractivity contribution in [1.82, 2.24) is 14.8 Å². The van der Waals surface area contributed by atoms with Crippen LogP contribution < -0.4 is 10.5 Å². The molecule has 0 spiro atoms. The molecule has 0 aromatic carbocycles. The van der Waals surface area contributed by atoms with Gasteiger partial charge in [-0.3, -0.25) is 4.79 Å². The Morgan fingerprint density at radius 3 is 2.62 bits per heavy atom. The summed E-state index contributed by atoms with van der Waals surface area (Å²) < 4.78 is 38.7. The van der Waals surface area contributed by atoms with Gasteiger partial charge in [-0.1, -0.05) is 11.6 Å². The molecule has 0 fully saturated rings. The fourth-order valence-corrected chi connectivity index (χ4v) is 3.21. The summed E-state index contributed by atoms with van der Waals surface area (Å²) in [5.74, 6) is -0.0445. The molecule has 0 saturated heterocycles. The Labute approximate surface area is 155 Å². The molecule has 10 heteroatoms. The maximum Gasteiger partial charge on any atom is 0.417 e. The van der Waals surface area contributed by atoms with Gasteiger partial charge in [0.15, 0.2) is 5.82 Å². The number of hydrogen-bond acceptors (Lipinski definition) is 5. The highest BCUT2D eigenvalue weighted by atomic mass is 35.5. The first-order valence-electron chi connectivity index (χ1n) is 7.31. The molecule has 0 aliphatic carbocycles. The zero-order chi connectivity index (χ0) is 18.9. The Balaban J connectivity index is 1.91. The molecule has 3 aromatic heterocycles. The van der Waals surface area contributed by atoms with Crippen LogP contribution >= 0.6 is 22.9 Å². The maximum atomic E-state index is 12.6. The van der Waals surface area contributed by atoms with Crippen molar-refractivity contribution in [2.45, 2.75) is 12.7 Å². The van der Waals surface area contributed by atoms with E-state index in [0.717, 1.165) is 22.4 Å². The Bertz CT molecular complexity index is 955. The first-order chi connectivity index (χ1) is 12.3. The molecule has 0 saturated carbocycles. The highest BCUT2D eigenvalue weighted by molar-refractivity contribution is 7.07. The van der Waals surface area contributed by atoms with E-state index < -0.39 is 17.3 Å². The van der Waals surface area contributed by atoms with Gasteiger partial charge in [0.2, 0.25) is 0 Å². The fraction of sp³-hybridized carbons (Fsp3) is 0.188. The van der Waals surface area contributed by atoms with Gasteiger partial charge < -0.3 is 4.90 Å². The van der Waals surface area contributed by atoms with Crippen molar-refractivity contribution < 1.29 is 13.2 Å². The highest BCUT2D eigenvalue weighted by Gasteiger charge is 2.30. The SMILES string of the molecule is CN(Cc1ccsc1)c1cnn(-c2ccc(C(F)(F)F)cn2)c(=O)c1Cl. The average Bonchev–Trinajstić information content (AvgIpc) is 3.09. The number of halogens is 4. The number of alkyl halides is 3. The van der Waals surface area contributed by atoms with E-state index in [9.17, 15) is 18.0 Å². The first kappa shape index (κ1) is 18.4. The quantitative estimate of drug-likeness (QED) is 0.664. The lowest BCUT2D eigenvalue weighted by atomic mass is 10.3. The van der Waals surface area contributed by atoms with Crippen molar-refractivity contribution in [3.8, 4) is 5.82 Å². The molecule has 0 radical (unpaired) electrons. The Morgan fingerprint density at radius 1 is 1.27 bits per heavy atom. The van der Waals surface area contributed by atoms with Crippen LogP contribution in [0.4, 0.5) is 18.9 Å². The molecule has 3 heterocycles. The summed E-state index contributed by atoms with van der Waals surface area (Å²) in [7, 11) is 1.76. The minimum Gasteiger partial charge on any atom is -0.368 e. The van der Waals surface area contributed by atoms with Crippen LogP contribution in [0.3, 0.4) is 0 Å². The van der Waals surface area contributed by atoms with Crippen molar-refractivity contribution in [3.63, 3.8) is 0 Å². The minimum atomic E-state index is -4.50. The number of nitrogens with zero attached hydrogens (tertiary/aromatic N) is 4. The third-order valence-corrected chi connectivity index (χ3v) is 4.69. The summed E-state index contributed by atoms with van der Waals surface area (Å²) in [5, 5.41) is 7.82. The monoisotopic (exact) mass is 400 g/mol. The molecule has 0 unspecified atom stereocenters. The van der Waals surface area contributed by atoms with E-state index in [1.807, 2.05) is 16.8 Å². The van der Waals surface area contributed by atoms with Crippen LogP contribution in [0.1, 0.15) is 11.1 Å². The van der Waals surface area contributed by atoms with Crippen molar-refractivity contribution in [1.29, 1.82) is 0 Å². The first-order valence-corrected chi connectivity index (χ1v) is 8.63. The molecule has 0 aliphatic heterocycles. The van der Waals surface area contributed by atoms with Gasteiger partial charge in [-0.15, -0.1) is 0 Å². The molecule has 0 bridgehead atoms. The summed E-state index contributed by atoms with van der Waals surface area (Å²) in [5.41, 5.74) is -0.0886. The molecule has 136 valence electrons. The lowest BCUT2D eigenvalue weighted by molar-refractivity contribution is -0.137. The molecule has 26 heavy (non-hydrogen) atoms. The van der Waals surface area contributed by atoms with Crippen molar-refractivity contribution in [2.75, 3.05) is 11.9 Å².